The van der Waals surface area contributed by atoms with Crippen molar-refractivity contribution in [1.29, 1.82) is 0 Å². The monoisotopic (exact) mass is 202 g/mol. The summed E-state index contributed by atoms with van der Waals surface area (Å²) in [6.45, 7) is 4.05. The molecule has 1 aromatic heterocycles. The number of aliphatic hydroxyl groups is 2. The standard InChI is InChI=1S/C8H14N2O2S/c1-5-6(2)13-8(10-5)9-3-7(12)4-11/h7,11-12H,3-4H2,1-2H3,(H,9,10). The highest BCUT2D eigenvalue weighted by Gasteiger charge is 2.05. The summed E-state index contributed by atoms with van der Waals surface area (Å²) in [6.07, 6.45) is -0.718. The fourth-order valence-electron chi connectivity index (χ4n) is 0.818. The first-order valence-corrected chi connectivity index (χ1v) is 4.92. The molecule has 0 amide bonds. The Kier molecular flexibility index (Phi) is 3.65. The van der Waals surface area contributed by atoms with Gasteiger partial charge in [0.1, 0.15) is 0 Å². The third-order valence-corrected chi connectivity index (χ3v) is 2.76. The number of aromatic nitrogens is 1. The number of hydrogen-bond donors (Lipinski definition) is 3. The zero-order valence-corrected chi connectivity index (χ0v) is 8.56. The molecule has 0 bridgehead atoms. The van der Waals surface area contributed by atoms with Gasteiger partial charge in [-0.25, -0.2) is 4.98 Å². The van der Waals surface area contributed by atoms with E-state index in [2.05, 4.69) is 10.3 Å². The quantitative estimate of drug-likeness (QED) is 0.666. The summed E-state index contributed by atoms with van der Waals surface area (Å²) in [5.41, 5.74) is 1.01. The molecule has 1 heterocycles. The van der Waals surface area contributed by atoms with E-state index in [1.165, 1.54) is 4.88 Å². The molecule has 0 spiro atoms. The van der Waals surface area contributed by atoms with Crippen molar-refractivity contribution in [2.45, 2.75) is 20.0 Å². The van der Waals surface area contributed by atoms with Crippen LogP contribution in [0.4, 0.5) is 5.13 Å². The van der Waals surface area contributed by atoms with Crippen LogP contribution in [0.15, 0.2) is 0 Å². The summed E-state index contributed by atoms with van der Waals surface area (Å²) in [4.78, 5) is 5.40. The van der Waals surface area contributed by atoms with E-state index in [-0.39, 0.29) is 6.61 Å². The van der Waals surface area contributed by atoms with Crippen LogP contribution in [-0.4, -0.2) is 34.5 Å². The molecule has 0 fully saturated rings. The number of anilines is 1. The van der Waals surface area contributed by atoms with Gasteiger partial charge in [-0.2, -0.15) is 0 Å². The Labute approximate surface area is 81.3 Å². The predicted molar refractivity (Wildman–Crippen MR) is 53.2 cm³/mol. The summed E-state index contributed by atoms with van der Waals surface area (Å²) < 4.78 is 0. The second-order valence-electron chi connectivity index (χ2n) is 2.88. The SMILES string of the molecule is Cc1nc(NCC(O)CO)sc1C. The number of nitrogens with one attached hydrogen (secondary N) is 1. The van der Waals surface area contributed by atoms with E-state index >= 15 is 0 Å². The van der Waals surface area contributed by atoms with E-state index in [0.717, 1.165) is 10.8 Å². The van der Waals surface area contributed by atoms with Crippen LogP contribution in [0.3, 0.4) is 0 Å². The Bertz CT molecular complexity index is 256. The average molecular weight is 202 g/mol. The van der Waals surface area contributed by atoms with Gasteiger partial charge in [0.2, 0.25) is 0 Å². The first-order valence-electron chi connectivity index (χ1n) is 4.10. The van der Waals surface area contributed by atoms with Crippen LogP contribution in [0, 0.1) is 13.8 Å². The van der Waals surface area contributed by atoms with Crippen LogP contribution in [-0.2, 0) is 0 Å². The van der Waals surface area contributed by atoms with E-state index in [9.17, 15) is 0 Å². The lowest BCUT2D eigenvalue weighted by atomic mass is 10.4. The molecular weight excluding hydrogens is 188 g/mol. The highest BCUT2D eigenvalue weighted by atomic mass is 32.1. The van der Waals surface area contributed by atoms with Crippen molar-refractivity contribution in [2.75, 3.05) is 18.5 Å². The van der Waals surface area contributed by atoms with Crippen molar-refractivity contribution in [2.24, 2.45) is 0 Å². The normalized spacial score (nSPS) is 12.9. The number of rotatable bonds is 4. The first kappa shape index (κ1) is 10.4. The topological polar surface area (TPSA) is 65.4 Å². The summed E-state index contributed by atoms with van der Waals surface area (Å²) in [5.74, 6) is 0. The maximum absolute atomic E-state index is 9.06. The van der Waals surface area contributed by atoms with Gasteiger partial charge in [-0.05, 0) is 13.8 Å². The smallest absolute Gasteiger partial charge is 0.183 e. The van der Waals surface area contributed by atoms with Crippen LogP contribution in [0.2, 0.25) is 0 Å². The first-order chi connectivity index (χ1) is 6.13. The van der Waals surface area contributed by atoms with E-state index in [0.29, 0.717) is 6.54 Å². The lowest BCUT2D eigenvalue weighted by Gasteiger charge is -2.06. The van der Waals surface area contributed by atoms with Crippen molar-refractivity contribution < 1.29 is 10.2 Å². The minimum absolute atomic E-state index is 0.226. The summed E-state index contributed by atoms with van der Waals surface area (Å²) in [5, 5.41) is 21.4. The van der Waals surface area contributed by atoms with Gasteiger partial charge >= 0.3 is 0 Å². The number of thiazole rings is 1. The number of aliphatic hydroxyl groups excluding tert-OH is 2. The second-order valence-corrected chi connectivity index (χ2v) is 4.08. The molecule has 3 N–H and O–H groups in total. The molecule has 5 heteroatoms. The fraction of sp³-hybridized carbons (Fsp3) is 0.625. The summed E-state index contributed by atoms with van der Waals surface area (Å²) >= 11 is 1.55. The van der Waals surface area contributed by atoms with Crippen molar-refractivity contribution in [1.82, 2.24) is 4.98 Å². The van der Waals surface area contributed by atoms with E-state index in [1.807, 2.05) is 13.8 Å². The number of hydrogen-bond acceptors (Lipinski definition) is 5. The van der Waals surface area contributed by atoms with Gasteiger partial charge in [-0.1, -0.05) is 0 Å². The van der Waals surface area contributed by atoms with Gasteiger partial charge in [-0.15, -0.1) is 11.3 Å². The van der Waals surface area contributed by atoms with Gasteiger partial charge in [0.05, 0.1) is 18.4 Å². The van der Waals surface area contributed by atoms with Gasteiger partial charge in [0.15, 0.2) is 5.13 Å². The average Bonchev–Trinajstić information content (AvgIpc) is 2.42. The number of nitrogens with zero attached hydrogens (tertiary/aromatic N) is 1. The van der Waals surface area contributed by atoms with E-state index in [1.54, 1.807) is 11.3 Å². The Morgan fingerprint density at radius 2 is 2.23 bits per heavy atom. The molecule has 0 aliphatic rings. The minimum Gasteiger partial charge on any atom is -0.394 e. The summed E-state index contributed by atoms with van der Waals surface area (Å²) in [6, 6.07) is 0. The molecule has 0 saturated heterocycles. The Balaban J connectivity index is 2.45. The van der Waals surface area contributed by atoms with Gasteiger partial charge in [-0.3, -0.25) is 0 Å². The molecule has 0 aliphatic carbocycles. The van der Waals surface area contributed by atoms with E-state index in [4.69, 9.17) is 10.2 Å². The Hall–Kier alpha value is -0.650. The fourth-order valence-corrected chi connectivity index (χ4v) is 1.64. The van der Waals surface area contributed by atoms with Crippen LogP contribution >= 0.6 is 11.3 Å². The molecule has 0 aliphatic heterocycles. The lowest BCUT2D eigenvalue weighted by Crippen LogP contribution is -2.22. The minimum atomic E-state index is -0.718. The molecule has 13 heavy (non-hydrogen) atoms. The highest BCUT2D eigenvalue weighted by molar-refractivity contribution is 7.15. The second kappa shape index (κ2) is 4.55. The molecule has 0 radical (unpaired) electrons. The van der Waals surface area contributed by atoms with Crippen LogP contribution in [0.5, 0.6) is 0 Å². The van der Waals surface area contributed by atoms with Crippen molar-refractivity contribution >= 4 is 16.5 Å². The maximum atomic E-state index is 9.06. The molecule has 0 saturated carbocycles. The molecular formula is C8H14N2O2S. The van der Waals surface area contributed by atoms with Crippen LogP contribution in [0.1, 0.15) is 10.6 Å². The van der Waals surface area contributed by atoms with Gasteiger partial charge < -0.3 is 15.5 Å². The Morgan fingerprint density at radius 3 is 2.69 bits per heavy atom. The third-order valence-electron chi connectivity index (χ3n) is 1.73. The Morgan fingerprint density at radius 1 is 1.54 bits per heavy atom. The summed E-state index contributed by atoms with van der Waals surface area (Å²) in [7, 11) is 0. The van der Waals surface area contributed by atoms with E-state index < -0.39 is 6.10 Å². The number of aryl methyl sites for hydroxylation is 2. The predicted octanol–water partition coefficient (Wildman–Crippen LogP) is 0.525. The zero-order chi connectivity index (χ0) is 9.84. The molecule has 4 nitrogen and oxygen atoms in total. The van der Waals surface area contributed by atoms with Crippen molar-refractivity contribution in [3.05, 3.63) is 10.6 Å². The van der Waals surface area contributed by atoms with Crippen LogP contribution in [0.25, 0.3) is 0 Å². The molecule has 1 atom stereocenters. The highest BCUT2D eigenvalue weighted by Crippen LogP contribution is 2.20. The zero-order valence-electron chi connectivity index (χ0n) is 7.74. The van der Waals surface area contributed by atoms with Gasteiger partial charge in [0.25, 0.3) is 0 Å². The van der Waals surface area contributed by atoms with Crippen LogP contribution < -0.4 is 5.32 Å². The van der Waals surface area contributed by atoms with Gasteiger partial charge in [0, 0.05) is 11.4 Å². The molecule has 1 rings (SSSR count). The van der Waals surface area contributed by atoms with Crippen molar-refractivity contribution in [3.8, 4) is 0 Å². The maximum Gasteiger partial charge on any atom is 0.183 e. The molecule has 74 valence electrons. The third kappa shape index (κ3) is 2.95. The largest absolute Gasteiger partial charge is 0.394 e. The lowest BCUT2D eigenvalue weighted by molar-refractivity contribution is 0.105. The molecule has 1 aromatic rings. The van der Waals surface area contributed by atoms with Crippen molar-refractivity contribution in [3.63, 3.8) is 0 Å². The molecule has 1 unspecified atom stereocenters. The molecule has 0 aromatic carbocycles.